The van der Waals surface area contributed by atoms with Gasteiger partial charge in [0.15, 0.2) is 10.9 Å². The third kappa shape index (κ3) is 5.20. The van der Waals surface area contributed by atoms with Crippen LogP contribution in [0, 0.1) is 5.92 Å². The summed E-state index contributed by atoms with van der Waals surface area (Å²) in [7, 11) is 1.61. The van der Waals surface area contributed by atoms with Crippen molar-refractivity contribution in [2.75, 3.05) is 25.3 Å². The van der Waals surface area contributed by atoms with Crippen LogP contribution in [0.1, 0.15) is 39.2 Å². The van der Waals surface area contributed by atoms with Gasteiger partial charge in [0.05, 0.1) is 18.8 Å². The number of nitrogens with zero attached hydrogens (tertiary/aromatic N) is 2. The molecular weight excluding hydrogens is 342 g/mol. The number of aliphatic hydroxyl groups excluding tert-OH is 1. The molecule has 3 unspecified atom stereocenters. The average Bonchev–Trinajstić information content (AvgIpc) is 2.93. The largest absolute Gasteiger partial charge is 0.481 e. The highest BCUT2D eigenvalue weighted by atomic mass is 32.2. The molecule has 1 aliphatic carbocycles. The highest BCUT2D eigenvalue weighted by Crippen LogP contribution is 2.34. The van der Waals surface area contributed by atoms with Gasteiger partial charge in [0.25, 0.3) is 0 Å². The minimum absolute atomic E-state index is 0.0160. The molecule has 1 heterocycles. The lowest BCUT2D eigenvalue weighted by Gasteiger charge is -2.26. The summed E-state index contributed by atoms with van der Waals surface area (Å²) >= 11 is 1.46. The lowest BCUT2D eigenvalue weighted by atomic mass is 10.1. The van der Waals surface area contributed by atoms with Crippen molar-refractivity contribution in [2.24, 2.45) is 5.92 Å². The van der Waals surface area contributed by atoms with Gasteiger partial charge in [0, 0.05) is 18.6 Å². The van der Waals surface area contributed by atoms with E-state index < -0.39 is 5.79 Å². The number of hydrogen-bond donors (Lipinski definition) is 3. The number of methoxy groups -OCH3 is 1. The maximum absolute atomic E-state index is 9.92. The Morgan fingerprint density at radius 2 is 2.04 bits per heavy atom. The molecule has 3 N–H and O–H groups in total. The number of anilines is 1. The van der Waals surface area contributed by atoms with Gasteiger partial charge in [-0.25, -0.2) is 4.98 Å². The van der Waals surface area contributed by atoms with E-state index in [0.717, 1.165) is 24.2 Å². The quantitative estimate of drug-likeness (QED) is 0.363. The van der Waals surface area contributed by atoms with E-state index in [4.69, 9.17) is 9.47 Å². The fraction of sp³-hybridized carbons (Fsp3) is 0.765. The van der Waals surface area contributed by atoms with E-state index in [-0.39, 0.29) is 24.7 Å². The molecule has 3 atom stereocenters. The summed E-state index contributed by atoms with van der Waals surface area (Å²) in [6.07, 6.45) is 3.92. The van der Waals surface area contributed by atoms with Crippen LogP contribution >= 0.6 is 11.8 Å². The normalized spacial score (nSPS) is 23.7. The number of thioether (sulfide) groups is 1. The fourth-order valence-corrected chi connectivity index (χ4v) is 3.60. The Balaban J connectivity index is 2.19. The summed E-state index contributed by atoms with van der Waals surface area (Å²) < 4.78 is 11.1. The van der Waals surface area contributed by atoms with Crippen molar-refractivity contribution in [1.82, 2.24) is 9.97 Å². The second-order valence-electron chi connectivity index (χ2n) is 6.76. The second-order valence-corrected chi connectivity index (χ2v) is 7.53. The monoisotopic (exact) mass is 371 g/mol. The van der Waals surface area contributed by atoms with E-state index >= 15 is 0 Å². The summed E-state index contributed by atoms with van der Waals surface area (Å²) in [5, 5.41) is 23.7. The molecule has 142 valence electrons. The first-order valence-corrected chi connectivity index (χ1v) is 9.80. The first-order chi connectivity index (χ1) is 11.8. The van der Waals surface area contributed by atoms with Crippen molar-refractivity contribution in [2.45, 2.75) is 63.1 Å². The van der Waals surface area contributed by atoms with Crippen LogP contribution in [0.25, 0.3) is 0 Å². The zero-order valence-corrected chi connectivity index (χ0v) is 16.4. The number of nitrogens with one attached hydrogen (secondary N) is 1. The zero-order chi connectivity index (χ0) is 18.6. The highest BCUT2D eigenvalue weighted by Gasteiger charge is 2.38. The van der Waals surface area contributed by atoms with Crippen LogP contribution in [0.2, 0.25) is 0 Å². The fourth-order valence-electron chi connectivity index (χ4n) is 3.25. The van der Waals surface area contributed by atoms with Gasteiger partial charge in [0.1, 0.15) is 5.82 Å². The maximum Gasteiger partial charge on any atom is 0.222 e. The van der Waals surface area contributed by atoms with Crippen molar-refractivity contribution in [3.63, 3.8) is 0 Å². The topological polar surface area (TPSA) is 96.7 Å². The molecule has 0 aromatic carbocycles. The molecule has 1 fully saturated rings. The van der Waals surface area contributed by atoms with Crippen LogP contribution in [-0.4, -0.2) is 58.1 Å². The SMILES string of the molecule is CCc1c(NC2CC(CO)C(OC(C)(C)O)C2)nc(SC)nc1OC. The third-order valence-corrected chi connectivity index (χ3v) is 4.87. The van der Waals surface area contributed by atoms with Gasteiger partial charge in [-0.2, -0.15) is 4.98 Å². The number of hydrogen-bond acceptors (Lipinski definition) is 8. The second kappa shape index (κ2) is 8.53. The average molecular weight is 372 g/mol. The molecule has 0 aliphatic heterocycles. The number of rotatable bonds is 8. The molecule has 0 bridgehead atoms. The predicted octanol–water partition coefficient (Wildman–Crippen LogP) is 2.07. The number of ether oxygens (including phenoxy) is 2. The Kier molecular flexibility index (Phi) is 6.90. The molecule has 7 nitrogen and oxygen atoms in total. The van der Waals surface area contributed by atoms with E-state index in [1.165, 1.54) is 11.8 Å². The molecule has 1 aliphatic rings. The Morgan fingerprint density at radius 3 is 2.56 bits per heavy atom. The van der Waals surface area contributed by atoms with Crippen LogP contribution in [0.5, 0.6) is 5.88 Å². The van der Waals surface area contributed by atoms with Gasteiger partial charge in [-0.15, -0.1) is 0 Å². The van der Waals surface area contributed by atoms with Gasteiger partial charge < -0.3 is 25.0 Å². The highest BCUT2D eigenvalue weighted by molar-refractivity contribution is 7.98. The van der Waals surface area contributed by atoms with Gasteiger partial charge in [-0.1, -0.05) is 18.7 Å². The Labute approximate surface area is 153 Å². The first kappa shape index (κ1) is 20.2. The van der Waals surface area contributed by atoms with Crippen LogP contribution in [0.15, 0.2) is 5.16 Å². The summed E-state index contributed by atoms with van der Waals surface area (Å²) in [6, 6.07) is 0.101. The Morgan fingerprint density at radius 1 is 1.32 bits per heavy atom. The van der Waals surface area contributed by atoms with Crippen molar-refractivity contribution in [3.05, 3.63) is 5.56 Å². The zero-order valence-electron chi connectivity index (χ0n) is 15.6. The van der Waals surface area contributed by atoms with Crippen molar-refractivity contribution < 1.29 is 19.7 Å². The third-order valence-electron chi connectivity index (χ3n) is 4.32. The van der Waals surface area contributed by atoms with E-state index in [2.05, 4.69) is 15.3 Å². The lowest BCUT2D eigenvalue weighted by molar-refractivity contribution is -0.214. The molecule has 0 radical (unpaired) electrons. The molecule has 1 aromatic heterocycles. The lowest BCUT2D eigenvalue weighted by Crippen LogP contribution is -2.33. The molecule has 25 heavy (non-hydrogen) atoms. The first-order valence-electron chi connectivity index (χ1n) is 8.57. The van der Waals surface area contributed by atoms with Gasteiger partial charge in [-0.05, 0) is 39.4 Å². The summed E-state index contributed by atoms with van der Waals surface area (Å²) in [6.45, 7) is 5.29. The summed E-state index contributed by atoms with van der Waals surface area (Å²) in [4.78, 5) is 8.99. The molecule has 1 aromatic rings. The van der Waals surface area contributed by atoms with Crippen molar-refractivity contribution in [1.29, 1.82) is 0 Å². The molecule has 0 amide bonds. The molecule has 8 heteroatoms. The number of aromatic nitrogens is 2. The van der Waals surface area contributed by atoms with E-state index in [1.54, 1.807) is 21.0 Å². The van der Waals surface area contributed by atoms with Gasteiger partial charge >= 0.3 is 0 Å². The van der Waals surface area contributed by atoms with E-state index in [0.29, 0.717) is 17.5 Å². The number of aliphatic hydroxyl groups is 2. The Bertz CT molecular complexity index is 580. The summed E-state index contributed by atoms with van der Waals surface area (Å²) in [5.74, 6) is 0.124. The smallest absolute Gasteiger partial charge is 0.222 e. The molecule has 0 saturated heterocycles. The molecule has 1 saturated carbocycles. The van der Waals surface area contributed by atoms with E-state index in [1.807, 2.05) is 13.2 Å². The van der Waals surface area contributed by atoms with Gasteiger partial charge in [0.2, 0.25) is 5.88 Å². The standard InChI is InChI=1S/C17H29N3O4S/c1-6-12-14(19-16(25-5)20-15(12)23-4)18-11-7-10(9-21)13(8-11)24-17(2,3)22/h10-11,13,21-22H,6-9H2,1-5H3,(H,18,19,20). The van der Waals surface area contributed by atoms with Crippen LogP contribution in [-0.2, 0) is 11.2 Å². The van der Waals surface area contributed by atoms with Gasteiger partial charge in [-0.3, -0.25) is 0 Å². The Hall–Kier alpha value is -1.09. The van der Waals surface area contributed by atoms with E-state index in [9.17, 15) is 10.2 Å². The van der Waals surface area contributed by atoms with Crippen molar-refractivity contribution in [3.8, 4) is 5.88 Å². The maximum atomic E-state index is 9.92. The minimum atomic E-state index is -1.22. The van der Waals surface area contributed by atoms with Crippen LogP contribution in [0.3, 0.4) is 0 Å². The summed E-state index contributed by atoms with van der Waals surface area (Å²) in [5.41, 5.74) is 0.938. The predicted molar refractivity (Wildman–Crippen MR) is 98.1 cm³/mol. The minimum Gasteiger partial charge on any atom is -0.481 e. The van der Waals surface area contributed by atoms with Crippen molar-refractivity contribution >= 4 is 17.6 Å². The molecule has 0 spiro atoms. The van der Waals surface area contributed by atoms with Crippen LogP contribution in [0.4, 0.5) is 5.82 Å². The van der Waals surface area contributed by atoms with Crippen LogP contribution < -0.4 is 10.1 Å². The molecule has 2 rings (SSSR count). The molecular formula is C17H29N3O4S.